The van der Waals surface area contributed by atoms with Crippen molar-refractivity contribution >= 4 is 45.1 Å². The lowest BCUT2D eigenvalue weighted by Gasteiger charge is -2.14. The highest BCUT2D eigenvalue weighted by atomic mass is 79.9. The Balaban J connectivity index is 1.81. The van der Waals surface area contributed by atoms with Crippen LogP contribution in [0.25, 0.3) is 0 Å². The summed E-state index contributed by atoms with van der Waals surface area (Å²) in [5.74, 6) is 0.140. The highest BCUT2D eigenvalue weighted by molar-refractivity contribution is 9.10. The highest BCUT2D eigenvalue weighted by Gasteiger charge is 2.15. The van der Waals surface area contributed by atoms with Gasteiger partial charge in [-0.25, -0.2) is 0 Å². The van der Waals surface area contributed by atoms with E-state index in [2.05, 4.69) is 39.0 Å². The minimum atomic E-state index is -0.457. The van der Waals surface area contributed by atoms with Crippen LogP contribution in [-0.4, -0.2) is 30.1 Å². The molecular weight excluding hydrogens is 470 g/mol. The second-order valence-electron chi connectivity index (χ2n) is 6.23. The second-order valence-corrected chi connectivity index (χ2v) is 7.56. The predicted octanol–water partition coefficient (Wildman–Crippen LogP) is 3.51. The van der Waals surface area contributed by atoms with Crippen LogP contribution in [0.15, 0.2) is 46.9 Å². The Morgan fingerprint density at radius 3 is 2.43 bits per heavy atom. The van der Waals surface area contributed by atoms with Crippen molar-refractivity contribution in [3.63, 3.8) is 0 Å². The lowest BCUT2D eigenvalue weighted by Crippen LogP contribution is -2.49. The number of benzene rings is 2. The smallest absolute Gasteiger partial charge is 0.276 e. The molecule has 0 aromatic heterocycles. The van der Waals surface area contributed by atoms with Gasteiger partial charge in [-0.15, -0.1) is 0 Å². The molecule has 2 amide bonds. The maximum absolute atomic E-state index is 12.5. The molecule has 160 valence electrons. The first-order valence-corrected chi connectivity index (χ1v) is 10.7. The van der Waals surface area contributed by atoms with Gasteiger partial charge in [0, 0.05) is 4.47 Å². The van der Waals surface area contributed by atoms with Crippen molar-refractivity contribution in [2.75, 3.05) is 13.2 Å². The van der Waals surface area contributed by atoms with Crippen molar-refractivity contribution in [1.29, 1.82) is 0 Å². The molecule has 0 unspecified atom stereocenters. The van der Waals surface area contributed by atoms with Gasteiger partial charge in [-0.2, -0.15) is 0 Å². The molecule has 0 aliphatic carbocycles. The highest BCUT2D eigenvalue weighted by Crippen LogP contribution is 2.23. The second kappa shape index (κ2) is 12.1. The van der Waals surface area contributed by atoms with Crippen LogP contribution < -0.4 is 25.6 Å². The number of hydrogen-bond acceptors (Lipinski definition) is 5. The first kappa shape index (κ1) is 23.6. The summed E-state index contributed by atoms with van der Waals surface area (Å²) in [6, 6.07) is 12.6. The molecule has 0 bridgehead atoms. The minimum Gasteiger partial charge on any atom is -0.493 e. The molecule has 9 heteroatoms. The molecule has 2 aromatic carbocycles. The number of carbonyl (C=O) groups is 2. The summed E-state index contributed by atoms with van der Waals surface area (Å²) in [4.78, 5) is 24.4. The van der Waals surface area contributed by atoms with Gasteiger partial charge in [0.25, 0.3) is 11.8 Å². The molecule has 0 aliphatic heterocycles. The number of carbonyl (C=O) groups excluding carboxylic acids is 2. The zero-order chi connectivity index (χ0) is 21.9. The number of nitrogens with one attached hydrogen (secondary N) is 3. The van der Waals surface area contributed by atoms with Crippen LogP contribution in [0.2, 0.25) is 0 Å². The molecule has 30 heavy (non-hydrogen) atoms. The van der Waals surface area contributed by atoms with Crippen LogP contribution in [0.3, 0.4) is 0 Å². The number of amides is 2. The van der Waals surface area contributed by atoms with Crippen molar-refractivity contribution in [2.24, 2.45) is 0 Å². The van der Waals surface area contributed by atoms with Crippen LogP contribution in [0.4, 0.5) is 0 Å². The molecule has 2 aromatic rings. The monoisotopic (exact) mass is 493 g/mol. The zero-order valence-corrected chi connectivity index (χ0v) is 19.2. The van der Waals surface area contributed by atoms with E-state index in [1.54, 1.807) is 30.3 Å². The molecular formula is C21H24BrN3O4S. The van der Waals surface area contributed by atoms with E-state index in [-0.39, 0.29) is 11.7 Å². The lowest BCUT2D eigenvalue weighted by atomic mass is 10.2. The lowest BCUT2D eigenvalue weighted by molar-refractivity contribution is -0.123. The predicted molar refractivity (Wildman–Crippen MR) is 123 cm³/mol. The Hall–Kier alpha value is -2.65. The van der Waals surface area contributed by atoms with E-state index >= 15 is 0 Å². The molecule has 0 atom stereocenters. The summed E-state index contributed by atoms with van der Waals surface area (Å²) >= 11 is 8.40. The van der Waals surface area contributed by atoms with Crippen molar-refractivity contribution in [1.82, 2.24) is 16.2 Å². The standard InChI is InChI=1S/C21H24BrN3O4S/c1-3-11-28-18-10-7-15(22)12-17(18)20(27)23-21(30)25-24-19(26)13-29-16-8-5-14(4-2)6-9-16/h5-10,12H,3-4,11,13H2,1-2H3,(H,24,26)(H2,23,25,27,30). The van der Waals surface area contributed by atoms with Crippen LogP contribution in [0.5, 0.6) is 11.5 Å². The third-order valence-corrected chi connectivity index (χ3v) is 4.59. The summed E-state index contributed by atoms with van der Waals surface area (Å²) in [7, 11) is 0. The fourth-order valence-electron chi connectivity index (χ4n) is 2.35. The fourth-order valence-corrected chi connectivity index (χ4v) is 2.86. The molecule has 0 heterocycles. The normalized spacial score (nSPS) is 10.1. The first-order valence-electron chi connectivity index (χ1n) is 9.47. The van der Waals surface area contributed by atoms with E-state index in [1.807, 2.05) is 19.1 Å². The third kappa shape index (κ3) is 7.64. The van der Waals surface area contributed by atoms with Crippen LogP contribution in [0.1, 0.15) is 36.2 Å². The summed E-state index contributed by atoms with van der Waals surface area (Å²) in [5, 5.41) is 2.45. The maximum atomic E-state index is 12.5. The quantitative estimate of drug-likeness (QED) is 0.385. The Bertz CT molecular complexity index is 890. The molecule has 3 N–H and O–H groups in total. The van der Waals surface area contributed by atoms with E-state index in [4.69, 9.17) is 21.7 Å². The average Bonchev–Trinajstić information content (AvgIpc) is 2.75. The molecule has 0 fully saturated rings. The number of hydrogen-bond donors (Lipinski definition) is 3. The summed E-state index contributed by atoms with van der Waals surface area (Å²) < 4.78 is 11.7. The van der Waals surface area contributed by atoms with E-state index in [0.29, 0.717) is 23.7 Å². The van der Waals surface area contributed by atoms with Crippen molar-refractivity contribution in [2.45, 2.75) is 26.7 Å². The van der Waals surface area contributed by atoms with Gasteiger partial charge in [-0.1, -0.05) is 41.9 Å². The van der Waals surface area contributed by atoms with Gasteiger partial charge < -0.3 is 9.47 Å². The van der Waals surface area contributed by atoms with Gasteiger partial charge in [0.15, 0.2) is 11.7 Å². The minimum absolute atomic E-state index is 0.0536. The number of rotatable bonds is 8. The topological polar surface area (TPSA) is 88.7 Å². The maximum Gasteiger partial charge on any atom is 0.276 e. The number of halogens is 1. The van der Waals surface area contributed by atoms with E-state index < -0.39 is 11.8 Å². The van der Waals surface area contributed by atoms with E-state index in [1.165, 1.54) is 5.56 Å². The molecule has 0 saturated carbocycles. The van der Waals surface area contributed by atoms with E-state index in [9.17, 15) is 9.59 Å². The first-order chi connectivity index (χ1) is 14.4. The molecule has 2 rings (SSSR count). The Labute approximate surface area is 189 Å². The molecule has 0 aliphatic rings. The Morgan fingerprint density at radius 1 is 1.03 bits per heavy atom. The number of thiocarbonyl (C=S) groups is 1. The Kier molecular flexibility index (Phi) is 9.56. The van der Waals surface area contributed by atoms with Gasteiger partial charge in [-0.3, -0.25) is 25.8 Å². The van der Waals surface area contributed by atoms with Gasteiger partial charge in [0.05, 0.1) is 12.2 Å². The zero-order valence-electron chi connectivity index (χ0n) is 16.8. The van der Waals surface area contributed by atoms with E-state index in [0.717, 1.165) is 17.3 Å². The molecule has 0 radical (unpaired) electrons. The third-order valence-electron chi connectivity index (χ3n) is 3.89. The number of ether oxygens (including phenoxy) is 2. The summed E-state index contributed by atoms with van der Waals surface area (Å²) in [6.45, 7) is 4.33. The summed E-state index contributed by atoms with van der Waals surface area (Å²) in [5.41, 5.74) is 6.37. The SMILES string of the molecule is CCCOc1ccc(Br)cc1C(=O)NC(=S)NNC(=O)COc1ccc(CC)cc1. The Morgan fingerprint density at radius 2 is 1.77 bits per heavy atom. The molecule has 0 spiro atoms. The van der Waals surface area contributed by atoms with Gasteiger partial charge >= 0.3 is 0 Å². The molecule has 7 nitrogen and oxygen atoms in total. The van der Waals surface area contributed by atoms with Gasteiger partial charge in [0.2, 0.25) is 0 Å². The van der Waals surface area contributed by atoms with Gasteiger partial charge in [0.1, 0.15) is 11.5 Å². The number of hydrazine groups is 1. The van der Waals surface area contributed by atoms with Crippen molar-refractivity contribution < 1.29 is 19.1 Å². The van der Waals surface area contributed by atoms with Gasteiger partial charge in [-0.05, 0) is 61.0 Å². The molecule has 0 saturated heterocycles. The van der Waals surface area contributed by atoms with Crippen molar-refractivity contribution in [3.05, 3.63) is 58.1 Å². The van der Waals surface area contributed by atoms with Crippen molar-refractivity contribution in [3.8, 4) is 11.5 Å². The summed E-state index contributed by atoms with van der Waals surface area (Å²) in [6.07, 6.45) is 1.74. The average molecular weight is 494 g/mol. The van der Waals surface area contributed by atoms with Crippen LogP contribution >= 0.6 is 28.1 Å². The fraction of sp³-hybridized carbons (Fsp3) is 0.286. The largest absolute Gasteiger partial charge is 0.493 e. The van der Waals surface area contributed by atoms with Crippen LogP contribution in [0, 0.1) is 0 Å². The van der Waals surface area contributed by atoms with Crippen LogP contribution in [-0.2, 0) is 11.2 Å². The number of aryl methyl sites for hydroxylation is 1.